The number of carbonyl (C=O) groups excluding carboxylic acids is 2. The Morgan fingerprint density at radius 1 is 1.17 bits per heavy atom. The molecule has 0 aromatic heterocycles. The number of carbonyl (C=O) groups is 2. The highest BCUT2D eigenvalue weighted by molar-refractivity contribution is 7.81. The average Bonchev–Trinajstić information content (AvgIpc) is 2.89. The molecule has 4 atom stereocenters. The van der Waals surface area contributed by atoms with E-state index >= 15 is 0 Å². The molecule has 2 aliphatic rings. The lowest BCUT2D eigenvalue weighted by Crippen LogP contribution is -2.53. The molecule has 0 aliphatic carbocycles. The molecule has 0 bridgehead atoms. The molecule has 5 heteroatoms. The second kappa shape index (κ2) is 8.84. The van der Waals surface area contributed by atoms with Crippen molar-refractivity contribution >= 4 is 24.4 Å². The molecule has 2 aliphatic heterocycles. The van der Waals surface area contributed by atoms with Crippen molar-refractivity contribution in [3.63, 3.8) is 0 Å². The van der Waals surface area contributed by atoms with Crippen LogP contribution in [0.5, 0.6) is 0 Å². The van der Waals surface area contributed by atoms with Crippen LogP contribution in [-0.4, -0.2) is 34.0 Å². The van der Waals surface area contributed by atoms with Crippen LogP contribution in [0.25, 0.3) is 11.1 Å². The maximum atomic E-state index is 13.5. The van der Waals surface area contributed by atoms with Crippen LogP contribution in [-0.2, 0) is 16.0 Å². The average molecular weight is 423 g/mol. The normalized spacial score (nSPS) is 24.4. The number of benzene rings is 2. The maximum absolute atomic E-state index is 13.5. The minimum atomic E-state index is -0.537. The van der Waals surface area contributed by atoms with Gasteiger partial charge in [0.05, 0.1) is 11.3 Å². The Balaban J connectivity index is 1.74. The van der Waals surface area contributed by atoms with Gasteiger partial charge in [-0.3, -0.25) is 9.59 Å². The molecule has 30 heavy (non-hydrogen) atoms. The first-order chi connectivity index (χ1) is 14.5. The Kier molecular flexibility index (Phi) is 6.19. The summed E-state index contributed by atoms with van der Waals surface area (Å²) in [6.07, 6.45) is 4.23. The van der Waals surface area contributed by atoms with Gasteiger partial charge in [-0.2, -0.15) is 12.6 Å². The Morgan fingerprint density at radius 2 is 1.93 bits per heavy atom. The van der Waals surface area contributed by atoms with Crippen molar-refractivity contribution in [1.82, 2.24) is 10.2 Å². The Bertz CT molecular complexity index is 930. The third kappa shape index (κ3) is 4.00. The van der Waals surface area contributed by atoms with Crippen molar-refractivity contribution < 1.29 is 9.59 Å². The van der Waals surface area contributed by atoms with Gasteiger partial charge in [-0.05, 0) is 60.9 Å². The summed E-state index contributed by atoms with van der Waals surface area (Å²) >= 11 is 4.36. The Hall–Kier alpha value is -2.27. The number of nitrogens with one attached hydrogen (secondary N) is 1. The Labute approximate surface area is 184 Å². The quantitative estimate of drug-likeness (QED) is 0.711. The van der Waals surface area contributed by atoms with Crippen LogP contribution >= 0.6 is 12.6 Å². The molecule has 2 aromatic carbocycles. The van der Waals surface area contributed by atoms with Gasteiger partial charge < -0.3 is 10.2 Å². The highest BCUT2D eigenvalue weighted by Crippen LogP contribution is 2.40. The van der Waals surface area contributed by atoms with E-state index in [0.29, 0.717) is 12.8 Å². The van der Waals surface area contributed by atoms with Gasteiger partial charge in [0, 0.05) is 12.5 Å². The SMILES string of the molecule is CC[C@H](S)C(=O)N[C@H]1Cc2ccc(-c3ccccc3)cc2C2CCCC(C)N2C1=O. The molecule has 4 rings (SSSR count). The van der Waals surface area contributed by atoms with Gasteiger partial charge in [0.2, 0.25) is 11.8 Å². The van der Waals surface area contributed by atoms with Gasteiger partial charge in [-0.1, -0.05) is 49.4 Å². The Morgan fingerprint density at radius 3 is 2.67 bits per heavy atom. The first-order valence-corrected chi connectivity index (χ1v) is 11.5. The molecule has 1 N–H and O–H groups in total. The second-order valence-electron chi connectivity index (χ2n) is 8.51. The maximum Gasteiger partial charge on any atom is 0.246 e. The molecule has 2 heterocycles. The zero-order valence-corrected chi connectivity index (χ0v) is 18.6. The number of fused-ring (bicyclic) bond motifs is 3. The van der Waals surface area contributed by atoms with Crippen LogP contribution in [0.1, 0.15) is 56.7 Å². The minimum absolute atomic E-state index is 0.0367. The van der Waals surface area contributed by atoms with E-state index in [1.165, 1.54) is 16.7 Å². The molecular weight excluding hydrogens is 392 g/mol. The molecular formula is C25H30N2O2S. The van der Waals surface area contributed by atoms with E-state index in [9.17, 15) is 9.59 Å². The van der Waals surface area contributed by atoms with Crippen LogP contribution in [0, 0.1) is 0 Å². The van der Waals surface area contributed by atoms with Gasteiger partial charge in [0.1, 0.15) is 6.04 Å². The summed E-state index contributed by atoms with van der Waals surface area (Å²) in [5.74, 6) is -0.126. The van der Waals surface area contributed by atoms with Crippen molar-refractivity contribution in [2.75, 3.05) is 0 Å². The van der Waals surface area contributed by atoms with Gasteiger partial charge in [0.15, 0.2) is 0 Å². The zero-order valence-electron chi connectivity index (χ0n) is 17.7. The summed E-state index contributed by atoms with van der Waals surface area (Å²) in [7, 11) is 0. The van der Waals surface area contributed by atoms with Crippen molar-refractivity contribution in [1.29, 1.82) is 0 Å². The summed E-state index contributed by atoms with van der Waals surface area (Å²) in [5, 5.41) is 2.60. The van der Waals surface area contributed by atoms with E-state index < -0.39 is 11.3 Å². The number of amides is 2. The van der Waals surface area contributed by atoms with Gasteiger partial charge in [-0.15, -0.1) is 0 Å². The number of piperidine rings is 1. The highest BCUT2D eigenvalue weighted by atomic mass is 32.1. The standard InChI is InChI=1S/C25H30N2O2S/c1-3-23(30)24(28)26-21-15-19-13-12-18(17-9-5-4-6-10-17)14-20(19)22-11-7-8-16(2)27(22)25(21)29/h4-6,9-10,12-14,16,21-23,30H,3,7-8,11,15H2,1-2H3,(H,26,28)/t16?,21-,22?,23-/m0/s1. The zero-order chi connectivity index (χ0) is 21.3. The number of rotatable bonds is 4. The summed E-state index contributed by atoms with van der Waals surface area (Å²) in [6.45, 7) is 4.05. The van der Waals surface area contributed by atoms with E-state index in [0.717, 1.165) is 24.8 Å². The number of hydrogen-bond acceptors (Lipinski definition) is 3. The number of hydrogen-bond donors (Lipinski definition) is 2. The molecule has 2 unspecified atom stereocenters. The summed E-state index contributed by atoms with van der Waals surface area (Å²) < 4.78 is 0. The van der Waals surface area contributed by atoms with E-state index in [-0.39, 0.29) is 23.9 Å². The van der Waals surface area contributed by atoms with Crippen LogP contribution in [0.4, 0.5) is 0 Å². The molecule has 4 nitrogen and oxygen atoms in total. The molecule has 1 saturated heterocycles. The minimum Gasteiger partial charge on any atom is -0.343 e. The summed E-state index contributed by atoms with van der Waals surface area (Å²) in [4.78, 5) is 28.1. The molecule has 1 fully saturated rings. The lowest BCUT2D eigenvalue weighted by molar-refractivity contribution is -0.141. The molecule has 0 radical (unpaired) electrons. The molecule has 2 aromatic rings. The summed E-state index contributed by atoms with van der Waals surface area (Å²) in [5.41, 5.74) is 4.73. The van der Waals surface area contributed by atoms with Gasteiger partial charge in [-0.25, -0.2) is 0 Å². The van der Waals surface area contributed by atoms with E-state index in [2.05, 4.69) is 55.2 Å². The number of thiol groups is 1. The molecule has 0 saturated carbocycles. The molecule has 0 spiro atoms. The predicted octanol–water partition coefficient (Wildman–Crippen LogP) is 4.55. The van der Waals surface area contributed by atoms with Gasteiger partial charge >= 0.3 is 0 Å². The smallest absolute Gasteiger partial charge is 0.246 e. The summed E-state index contributed by atoms with van der Waals surface area (Å²) in [6, 6.07) is 16.6. The third-order valence-electron chi connectivity index (χ3n) is 6.50. The van der Waals surface area contributed by atoms with Crippen LogP contribution in [0.3, 0.4) is 0 Å². The van der Waals surface area contributed by atoms with Crippen LogP contribution in [0.2, 0.25) is 0 Å². The van der Waals surface area contributed by atoms with Crippen molar-refractivity contribution in [3.05, 3.63) is 59.7 Å². The van der Waals surface area contributed by atoms with E-state index in [1.54, 1.807) is 0 Å². The fourth-order valence-corrected chi connectivity index (χ4v) is 4.90. The topological polar surface area (TPSA) is 49.4 Å². The van der Waals surface area contributed by atoms with Crippen molar-refractivity contribution in [2.45, 2.75) is 69.3 Å². The third-order valence-corrected chi connectivity index (χ3v) is 7.10. The lowest BCUT2D eigenvalue weighted by atomic mass is 9.88. The second-order valence-corrected chi connectivity index (χ2v) is 9.13. The molecule has 158 valence electrons. The van der Waals surface area contributed by atoms with Crippen LogP contribution in [0.15, 0.2) is 48.5 Å². The van der Waals surface area contributed by atoms with Crippen molar-refractivity contribution in [2.24, 2.45) is 0 Å². The van der Waals surface area contributed by atoms with Crippen molar-refractivity contribution in [3.8, 4) is 11.1 Å². The molecule has 2 amide bonds. The fraction of sp³-hybridized carbons (Fsp3) is 0.440. The largest absolute Gasteiger partial charge is 0.343 e. The van der Waals surface area contributed by atoms with Gasteiger partial charge in [0.25, 0.3) is 0 Å². The number of nitrogens with zero attached hydrogens (tertiary/aromatic N) is 1. The highest BCUT2D eigenvalue weighted by Gasteiger charge is 2.41. The first kappa shape index (κ1) is 21.0. The lowest BCUT2D eigenvalue weighted by Gasteiger charge is -2.41. The predicted molar refractivity (Wildman–Crippen MR) is 123 cm³/mol. The van der Waals surface area contributed by atoms with E-state index in [4.69, 9.17) is 0 Å². The fourth-order valence-electron chi connectivity index (χ4n) is 4.82. The van der Waals surface area contributed by atoms with Crippen LogP contribution < -0.4 is 5.32 Å². The monoisotopic (exact) mass is 422 g/mol. The first-order valence-electron chi connectivity index (χ1n) is 11.0. The van der Waals surface area contributed by atoms with E-state index in [1.807, 2.05) is 30.0 Å².